The van der Waals surface area contributed by atoms with Crippen LogP contribution in [0.4, 0.5) is 5.82 Å². The van der Waals surface area contributed by atoms with Crippen LogP contribution in [-0.2, 0) is 0 Å². The van der Waals surface area contributed by atoms with Crippen molar-refractivity contribution in [2.24, 2.45) is 5.92 Å². The lowest BCUT2D eigenvalue weighted by molar-refractivity contribution is 0.230. The average molecular weight is 354 g/mol. The van der Waals surface area contributed by atoms with Gasteiger partial charge < -0.3 is 10.5 Å². The monoisotopic (exact) mass is 353 g/mol. The molecule has 140 valence electrons. The molecular formula is C22H31N3O. The Morgan fingerprint density at radius 2 is 1.73 bits per heavy atom. The first kappa shape index (κ1) is 19.8. The number of hydrogen-bond donors (Lipinski definition) is 2. The Balaban J connectivity index is 0.000000290. The summed E-state index contributed by atoms with van der Waals surface area (Å²) >= 11 is 0. The Hall–Kier alpha value is -2.49. The highest BCUT2D eigenvalue weighted by molar-refractivity contribution is 5.89. The zero-order valence-electron chi connectivity index (χ0n) is 16.2. The third kappa shape index (κ3) is 6.10. The van der Waals surface area contributed by atoms with Crippen molar-refractivity contribution < 1.29 is 4.74 Å². The van der Waals surface area contributed by atoms with E-state index in [1.165, 1.54) is 31.2 Å². The van der Waals surface area contributed by atoms with Crippen molar-refractivity contribution in [2.75, 3.05) is 12.3 Å². The number of nitrogens with two attached hydrogens (primary N) is 1. The first-order chi connectivity index (χ1) is 12.6. The molecule has 0 unspecified atom stereocenters. The van der Waals surface area contributed by atoms with E-state index in [9.17, 15) is 0 Å². The van der Waals surface area contributed by atoms with Gasteiger partial charge in [-0.1, -0.05) is 62.6 Å². The number of hydrogen-bond acceptors (Lipinski definition) is 3. The smallest absolute Gasteiger partial charge is 0.153 e. The molecule has 0 amide bonds. The number of aryl methyl sites for hydroxylation is 1. The van der Waals surface area contributed by atoms with Crippen molar-refractivity contribution in [3.8, 4) is 5.75 Å². The molecule has 3 aromatic rings. The summed E-state index contributed by atoms with van der Waals surface area (Å²) in [7, 11) is 0. The van der Waals surface area contributed by atoms with Gasteiger partial charge in [0.05, 0.1) is 12.1 Å². The first-order valence-electron chi connectivity index (χ1n) is 9.52. The summed E-state index contributed by atoms with van der Waals surface area (Å²) in [5, 5.41) is 7.85. The van der Waals surface area contributed by atoms with Gasteiger partial charge in [-0.15, -0.1) is 0 Å². The molecule has 0 atom stereocenters. The molecule has 26 heavy (non-hydrogen) atoms. The van der Waals surface area contributed by atoms with Gasteiger partial charge in [-0.3, -0.25) is 5.10 Å². The number of nitrogens with zero attached hydrogens (tertiary/aromatic N) is 1. The van der Waals surface area contributed by atoms with E-state index in [2.05, 4.69) is 43.1 Å². The van der Waals surface area contributed by atoms with E-state index in [1.54, 1.807) is 0 Å². The number of nitrogens with one attached hydrogen (secondary N) is 1. The van der Waals surface area contributed by atoms with Crippen LogP contribution in [0.2, 0.25) is 0 Å². The van der Waals surface area contributed by atoms with Crippen molar-refractivity contribution in [3.05, 3.63) is 54.1 Å². The van der Waals surface area contributed by atoms with Crippen molar-refractivity contribution in [1.82, 2.24) is 10.2 Å². The number of nitrogen functional groups attached to an aromatic ring is 1. The number of H-pyrrole nitrogens is 1. The van der Waals surface area contributed by atoms with Crippen molar-refractivity contribution in [3.63, 3.8) is 0 Å². The summed E-state index contributed by atoms with van der Waals surface area (Å²) in [6, 6.07) is 16.1. The molecule has 0 saturated heterocycles. The molecule has 0 saturated carbocycles. The Kier molecular flexibility index (Phi) is 8.00. The second kappa shape index (κ2) is 10.5. The quantitative estimate of drug-likeness (QED) is 0.569. The highest BCUT2D eigenvalue weighted by atomic mass is 16.5. The van der Waals surface area contributed by atoms with E-state index < -0.39 is 0 Å². The summed E-state index contributed by atoms with van der Waals surface area (Å²) < 4.78 is 5.90. The molecule has 0 aliphatic heterocycles. The summed E-state index contributed by atoms with van der Waals surface area (Å²) in [5.74, 6) is 2.07. The lowest BCUT2D eigenvalue weighted by Crippen LogP contribution is -2.11. The molecule has 0 bridgehead atoms. The maximum atomic E-state index is 5.90. The number of anilines is 1. The number of aromatic nitrogens is 2. The standard InChI is InChI=1S/C15H23N3O.C7H8/c1-3-5-11(6-4-2)10-19-12-7-8-13-14(9-12)17-18-15(13)16;1-7-5-3-2-4-6-7/h7-9,11H,3-6,10H2,1-2H3,(H3,16,17,18);2-6H,1H3. The lowest BCUT2D eigenvalue weighted by Gasteiger charge is -2.16. The highest BCUT2D eigenvalue weighted by Crippen LogP contribution is 2.24. The second-order valence-electron chi connectivity index (χ2n) is 6.73. The van der Waals surface area contributed by atoms with Gasteiger partial charge in [0, 0.05) is 11.5 Å². The predicted octanol–water partition coefficient (Wildman–Crippen LogP) is 5.74. The molecule has 0 fully saturated rings. The van der Waals surface area contributed by atoms with E-state index in [0.717, 1.165) is 23.3 Å². The predicted molar refractivity (Wildman–Crippen MR) is 110 cm³/mol. The number of rotatable bonds is 7. The maximum absolute atomic E-state index is 5.90. The van der Waals surface area contributed by atoms with E-state index >= 15 is 0 Å². The summed E-state index contributed by atoms with van der Waals surface area (Å²) in [6.07, 6.45) is 4.88. The zero-order valence-corrected chi connectivity index (χ0v) is 16.2. The van der Waals surface area contributed by atoms with Gasteiger partial charge in [0.2, 0.25) is 0 Å². The van der Waals surface area contributed by atoms with Crippen LogP contribution < -0.4 is 10.5 Å². The van der Waals surface area contributed by atoms with E-state index in [0.29, 0.717) is 11.7 Å². The molecule has 3 rings (SSSR count). The van der Waals surface area contributed by atoms with E-state index in [-0.39, 0.29) is 0 Å². The third-order valence-electron chi connectivity index (χ3n) is 4.38. The molecule has 1 aromatic heterocycles. The van der Waals surface area contributed by atoms with Crippen LogP contribution in [0.15, 0.2) is 48.5 Å². The Morgan fingerprint density at radius 1 is 1.04 bits per heavy atom. The van der Waals surface area contributed by atoms with Crippen LogP contribution in [-0.4, -0.2) is 16.8 Å². The second-order valence-corrected chi connectivity index (χ2v) is 6.73. The van der Waals surface area contributed by atoms with E-state index in [1.807, 2.05) is 36.4 Å². The van der Waals surface area contributed by atoms with E-state index in [4.69, 9.17) is 10.5 Å². The fourth-order valence-electron chi connectivity index (χ4n) is 2.99. The van der Waals surface area contributed by atoms with Crippen molar-refractivity contribution in [2.45, 2.75) is 46.5 Å². The summed E-state index contributed by atoms with van der Waals surface area (Å²) in [6.45, 7) is 7.32. The van der Waals surface area contributed by atoms with Crippen LogP contribution in [0.25, 0.3) is 10.9 Å². The van der Waals surface area contributed by atoms with Gasteiger partial charge in [-0.2, -0.15) is 5.10 Å². The van der Waals surface area contributed by atoms with Gasteiger partial charge in [0.15, 0.2) is 5.82 Å². The molecule has 0 radical (unpaired) electrons. The zero-order chi connectivity index (χ0) is 18.8. The minimum atomic E-state index is 0.538. The van der Waals surface area contributed by atoms with Crippen molar-refractivity contribution >= 4 is 16.7 Å². The third-order valence-corrected chi connectivity index (χ3v) is 4.38. The van der Waals surface area contributed by atoms with Crippen LogP contribution in [0.1, 0.15) is 45.1 Å². The number of aromatic amines is 1. The molecule has 1 heterocycles. The number of benzene rings is 2. The number of fused-ring (bicyclic) bond motifs is 1. The number of ether oxygens (including phenoxy) is 1. The van der Waals surface area contributed by atoms with Gasteiger partial charge >= 0.3 is 0 Å². The normalized spacial score (nSPS) is 10.6. The maximum Gasteiger partial charge on any atom is 0.153 e. The molecule has 0 aliphatic carbocycles. The highest BCUT2D eigenvalue weighted by Gasteiger charge is 2.09. The molecule has 0 spiro atoms. The molecule has 4 nitrogen and oxygen atoms in total. The SMILES string of the molecule is CCCC(CCC)COc1ccc2c(N)n[nH]c2c1.Cc1ccccc1. The van der Waals surface area contributed by atoms with Crippen molar-refractivity contribution in [1.29, 1.82) is 0 Å². The van der Waals surface area contributed by atoms with Crippen LogP contribution >= 0.6 is 0 Å². The molecule has 0 aliphatic rings. The Bertz CT molecular complexity index is 761. The van der Waals surface area contributed by atoms with Crippen LogP contribution in [0.3, 0.4) is 0 Å². The average Bonchev–Trinajstić information content (AvgIpc) is 3.02. The van der Waals surface area contributed by atoms with Crippen LogP contribution in [0.5, 0.6) is 5.75 Å². The fraction of sp³-hybridized carbons (Fsp3) is 0.409. The van der Waals surface area contributed by atoms with Crippen LogP contribution in [0, 0.1) is 12.8 Å². The van der Waals surface area contributed by atoms with Gasteiger partial charge in [-0.25, -0.2) is 0 Å². The minimum absolute atomic E-state index is 0.538. The summed E-state index contributed by atoms with van der Waals surface area (Å²) in [4.78, 5) is 0. The van der Waals surface area contributed by atoms with Gasteiger partial charge in [-0.05, 0) is 37.8 Å². The largest absolute Gasteiger partial charge is 0.493 e. The Labute approximate surface area is 156 Å². The minimum Gasteiger partial charge on any atom is -0.493 e. The summed E-state index contributed by atoms with van der Waals surface area (Å²) in [5.41, 5.74) is 7.99. The fourth-order valence-corrected chi connectivity index (χ4v) is 2.99. The molecular weight excluding hydrogens is 322 g/mol. The van der Waals surface area contributed by atoms with Gasteiger partial charge in [0.25, 0.3) is 0 Å². The molecule has 3 N–H and O–H groups in total. The topological polar surface area (TPSA) is 63.9 Å². The molecule has 4 heteroatoms. The van der Waals surface area contributed by atoms with Gasteiger partial charge in [0.1, 0.15) is 5.75 Å². The molecule has 2 aromatic carbocycles. The Morgan fingerprint density at radius 3 is 2.31 bits per heavy atom. The first-order valence-corrected chi connectivity index (χ1v) is 9.52. The lowest BCUT2D eigenvalue weighted by atomic mass is 9.99.